The number of nitrogens with zero attached hydrogens (tertiary/aromatic N) is 1. The van der Waals surface area contributed by atoms with Crippen LogP contribution < -0.4 is 10.1 Å². The zero-order valence-electron chi connectivity index (χ0n) is 12.6. The Morgan fingerprint density at radius 3 is 2.52 bits per heavy atom. The maximum atomic E-state index is 12.2. The number of carbonyl (C=O) groups is 1. The van der Waals surface area contributed by atoms with Crippen LogP contribution >= 0.6 is 11.6 Å². The van der Waals surface area contributed by atoms with E-state index in [4.69, 9.17) is 16.3 Å². The second-order valence-corrected chi connectivity index (χ2v) is 5.32. The first-order valence-corrected chi connectivity index (χ1v) is 7.23. The monoisotopic (exact) mass is 334 g/mol. The summed E-state index contributed by atoms with van der Waals surface area (Å²) >= 11 is 6.01. The third kappa shape index (κ3) is 4.20. The van der Waals surface area contributed by atoms with Crippen LogP contribution in [0.1, 0.15) is 12.5 Å². The van der Waals surface area contributed by atoms with Gasteiger partial charge in [0, 0.05) is 22.8 Å². The van der Waals surface area contributed by atoms with Crippen LogP contribution in [0.5, 0.6) is 5.75 Å². The molecular weight excluding hydrogens is 320 g/mol. The summed E-state index contributed by atoms with van der Waals surface area (Å²) in [5.41, 5.74) is 1.34. The lowest BCUT2D eigenvalue weighted by Gasteiger charge is -2.16. The van der Waals surface area contributed by atoms with E-state index in [0.29, 0.717) is 16.5 Å². The Labute approximate surface area is 138 Å². The predicted octanol–water partition coefficient (Wildman–Crippen LogP) is 3.96. The Kier molecular flexibility index (Phi) is 5.18. The highest BCUT2D eigenvalue weighted by molar-refractivity contribution is 6.31. The minimum absolute atomic E-state index is 0.0380. The van der Waals surface area contributed by atoms with Gasteiger partial charge in [0.2, 0.25) is 0 Å². The SMILES string of the molecule is Cc1c(Cl)cccc1NC(=O)[C@@H](C)Oc1ccc([N+](=O)[O-])cc1. The zero-order valence-corrected chi connectivity index (χ0v) is 13.3. The fourth-order valence-electron chi connectivity index (χ4n) is 1.88. The van der Waals surface area contributed by atoms with E-state index in [2.05, 4.69) is 5.32 Å². The van der Waals surface area contributed by atoms with Gasteiger partial charge < -0.3 is 10.1 Å². The number of hydrogen-bond donors (Lipinski definition) is 1. The number of amides is 1. The number of benzene rings is 2. The van der Waals surface area contributed by atoms with Gasteiger partial charge in [0.1, 0.15) is 5.75 Å². The summed E-state index contributed by atoms with van der Waals surface area (Å²) in [6.07, 6.45) is -0.769. The highest BCUT2D eigenvalue weighted by atomic mass is 35.5. The van der Waals surface area contributed by atoms with Gasteiger partial charge in [-0.3, -0.25) is 14.9 Å². The Hall–Kier alpha value is -2.60. The van der Waals surface area contributed by atoms with Crippen molar-refractivity contribution >= 4 is 28.9 Å². The molecule has 0 saturated carbocycles. The molecule has 0 aliphatic heterocycles. The van der Waals surface area contributed by atoms with Crippen LogP contribution in [0.25, 0.3) is 0 Å². The van der Waals surface area contributed by atoms with Crippen molar-refractivity contribution in [3.05, 3.63) is 63.2 Å². The van der Waals surface area contributed by atoms with Crippen molar-refractivity contribution in [1.82, 2.24) is 0 Å². The van der Waals surface area contributed by atoms with Crippen molar-refractivity contribution in [3.8, 4) is 5.75 Å². The van der Waals surface area contributed by atoms with Crippen molar-refractivity contribution in [2.24, 2.45) is 0 Å². The normalized spacial score (nSPS) is 11.6. The lowest BCUT2D eigenvalue weighted by molar-refractivity contribution is -0.384. The first-order chi connectivity index (χ1) is 10.9. The van der Waals surface area contributed by atoms with Gasteiger partial charge in [-0.25, -0.2) is 0 Å². The molecule has 0 aromatic heterocycles. The number of non-ortho nitro benzene ring substituents is 1. The summed E-state index contributed by atoms with van der Waals surface area (Å²) in [5.74, 6) is 0.0368. The van der Waals surface area contributed by atoms with Crippen LogP contribution in [0, 0.1) is 17.0 Å². The molecule has 0 fully saturated rings. The molecule has 120 valence electrons. The number of anilines is 1. The van der Waals surface area contributed by atoms with Crippen LogP contribution in [-0.4, -0.2) is 16.9 Å². The molecule has 23 heavy (non-hydrogen) atoms. The topological polar surface area (TPSA) is 81.5 Å². The van der Waals surface area contributed by atoms with E-state index in [1.165, 1.54) is 24.3 Å². The average Bonchev–Trinajstić information content (AvgIpc) is 2.52. The molecule has 2 aromatic carbocycles. The Balaban J connectivity index is 2.02. The number of hydrogen-bond acceptors (Lipinski definition) is 4. The summed E-state index contributed by atoms with van der Waals surface area (Å²) in [4.78, 5) is 22.3. The second-order valence-electron chi connectivity index (χ2n) is 4.91. The van der Waals surface area contributed by atoms with Gasteiger partial charge >= 0.3 is 0 Å². The highest BCUT2D eigenvalue weighted by Gasteiger charge is 2.16. The van der Waals surface area contributed by atoms with Crippen LogP contribution in [0.3, 0.4) is 0 Å². The smallest absolute Gasteiger partial charge is 0.269 e. The van der Waals surface area contributed by atoms with E-state index >= 15 is 0 Å². The molecule has 0 radical (unpaired) electrons. The first-order valence-electron chi connectivity index (χ1n) is 6.85. The molecule has 0 aliphatic carbocycles. The summed E-state index contributed by atoms with van der Waals surface area (Å²) in [6, 6.07) is 10.8. The number of nitro benzene ring substituents is 1. The van der Waals surface area contributed by atoms with Gasteiger partial charge in [-0.2, -0.15) is 0 Å². The van der Waals surface area contributed by atoms with Crippen molar-refractivity contribution < 1.29 is 14.5 Å². The summed E-state index contributed by atoms with van der Waals surface area (Å²) in [6.45, 7) is 3.40. The second kappa shape index (κ2) is 7.11. The standard InChI is InChI=1S/C16H15ClN2O4/c1-10-14(17)4-3-5-15(10)18-16(20)11(2)23-13-8-6-12(7-9-13)19(21)22/h3-9,11H,1-2H3,(H,18,20)/t11-/m1/s1. The summed E-state index contributed by atoms with van der Waals surface area (Å²) in [7, 11) is 0. The molecule has 6 nitrogen and oxygen atoms in total. The van der Waals surface area contributed by atoms with Crippen molar-refractivity contribution in [2.45, 2.75) is 20.0 Å². The highest BCUT2D eigenvalue weighted by Crippen LogP contribution is 2.23. The number of nitro groups is 1. The molecule has 7 heteroatoms. The number of carbonyl (C=O) groups excluding carboxylic acids is 1. The van der Waals surface area contributed by atoms with Crippen LogP contribution in [0.4, 0.5) is 11.4 Å². The molecule has 2 aromatic rings. The predicted molar refractivity (Wildman–Crippen MR) is 88.0 cm³/mol. The molecule has 0 unspecified atom stereocenters. The number of ether oxygens (including phenoxy) is 1. The Morgan fingerprint density at radius 1 is 1.26 bits per heavy atom. The van der Waals surface area contributed by atoms with Crippen molar-refractivity contribution in [2.75, 3.05) is 5.32 Å². The number of rotatable bonds is 5. The average molecular weight is 335 g/mol. The molecule has 0 heterocycles. The first kappa shape index (κ1) is 16.8. The number of halogens is 1. The van der Waals surface area contributed by atoms with E-state index in [1.807, 2.05) is 0 Å². The molecule has 1 N–H and O–H groups in total. The number of nitrogens with one attached hydrogen (secondary N) is 1. The van der Waals surface area contributed by atoms with Crippen molar-refractivity contribution in [1.29, 1.82) is 0 Å². The van der Waals surface area contributed by atoms with Gasteiger partial charge in [0.15, 0.2) is 6.10 Å². The fourth-order valence-corrected chi connectivity index (χ4v) is 2.06. The van der Waals surface area contributed by atoms with Gasteiger partial charge in [0.05, 0.1) is 4.92 Å². The van der Waals surface area contributed by atoms with Gasteiger partial charge in [0.25, 0.3) is 11.6 Å². The van der Waals surface area contributed by atoms with E-state index in [-0.39, 0.29) is 11.6 Å². The Morgan fingerprint density at radius 2 is 1.91 bits per heavy atom. The van der Waals surface area contributed by atoms with Crippen molar-refractivity contribution in [3.63, 3.8) is 0 Å². The summed E-state index contributed by atoms with van der Waals surface area (Å²) in [5, 5.41) is 13.9. The van der Waals surface area contributed by atoms with Crippen LogP contribution in [0.2, 0.25) is 5.02 Å². The largest absolute Gasteiger partial charge is 0.481 e. The minimum Gasteiger partial charge on any atom is -0.481 e. The minimum atomic E-state index is -0.769. The molecule has 1 amide bonds. The third-order valence-corrected chi connectivity index (χ3v) is 3.66. The molecule has 0 spiro atoms. The molecule has 1 atom stereocenters. The van der Waals surface area contributed by atoms with E-state index in [9.17, 15) is 14.9 Å². The molecule has 0 saturated heterocycles. The third-order valence-electron chi connectivity index (χ3n) is 3.26. The lowest BCUT2D eigenvalue weighted by atomic mass is 10.2. The van der Waals surface area contributed by atoms with Crippen LogP contribution in [0.15, 0.2) is 42.5 Å². The maximum absolute atomic E-state index is 12.2. The van der Waals surface area contributed by atoms with Crippen LogP contribution in [-0.2, 0) is 4.79 Å². The molecule has 2 rings (SSSR count). The van der Waals surface area contributed by atoms with E-state index in [0.717, 1.165) is 5.56 Å². The molecule has 0 bridgehead atoms. The fraction of sp³-hybridized carbons (Fsp3) is 0.188. The van der Waals surface area contributed by atoms with E-state index in [1.54, 1.807) is 32.0 Å². The zero-order chi connectivity index (χ0) is 17.0. The maximum Gasteiger partial charge on any atom is 0.269 e. The molecule has 0 aliphatic rings. The van der Waals surface area contributed by atoms with Gasteiger partial charge in [-0.05, 0) is 43.7 Å². The van der Waals surface area contributed by atoms with E-state index < -0.39 is 11.0 Å². The molecular formula is C16H15ClN2O4. The Bertz CT molecular complexity index is 731. The summed E-state index contributed by atoms with van der Waals surface area (Å²) < 4.78 is 5.49. The van der Waals surface area contributed by atoms with Gasteiger partial charge in [-0.1, -0.05) is 17.7 Å². The quantitative estimate of drug-likeness (QED) is 0.662. The van der Waals surface area contributed by atoms with Gasteiger partial charge in [-0.15, -0.1) is 0 Å². The lowest BCUT2D eigenvalue weighted by Crippen LogP contribution is -2.30.